The molecular weight excluding hydrogens is 320 g/mol. The number of carbonyl (C=O) groups is 1. The van der Waals surface area contributed by atoms with Crippen molar-refractivity contribution in [3.05, 3.63) is 30.6 Å². The minimum atomic E-state index is -0.217. The van der Waals surface area contributed by atoms with Gasteiger partial charge in [-0.05, 0) is 25.7 Å². The van der Waals surface area contributed by atoms with E-state index in [1.165, 1.54) is 0 Å². The average molecular weight is 346 g/mol. The molecule has 2 N–H and O–H groups in total. The van der Waals surface area contributed by atoms with Crippen LogP contribution in [0.15, 0.2) is 24.8 Å². The predicted molar refractivity (Wildman–Crippen MR) is 94.4 cm³/mol. The van der Waals surface area contributed by atoms with Crippen molar-refractivity contribution in [2.75, 3.05) is 18.5 Å². The predicted octanol–water partition coefficient (Wildman–Crippen LogP) is 2.02. The highest BCUT2D eigenvalue weighted by Crippen LogP contribution is 2.14. The standard InChI is InChI=1S/C17H26N6O2/c1-13(10-22-6-5-18-14(22)2)8-19-17(24)21-15-9-20-23(11-15)12-16-4-3-7-25-16/h5-6,9,11,13,16H,3-4,7-8,10,12H2,1-2H3,(H2,19,21,24)/t13-,16+/m1/s1. The van der Waals surface area contributed by atoms with Crippen molar-refractivity contribution in [1.82, 2.24) is 24.6 Å². The molecule has 2 amide bonds. The van der Waals surface area contributed by atoms with Gasteiger partial charge in [0.25, 0.3) is 0 Å². The molecule has 8 nitrogen and oxygen atoms in total. The molecule has 25 heavy (non-hydrogen) atoms. The van der Waals surface area contributed by atoms with Crippen LogP contribution in [0.25, 0.3) is 0 Å². The number of imidazole rings is 1. The second kappa shape index (κ2) is 8.15. The first-order valence-electron chi connectivity index (χ1n) is 8.77. The maximum absolute atomic E-state index is 12.0. The fourth-order valence-corrected chi connectivity index (χ4v) is 2.96. The lowest BCUT2D eigenvalue weighted by Gasteiger charge is -2.14. The maximum Gasteiger partial charge on any atom is 0.319 e. The number of anilines is 1. The lowest BCUT2D eigenvalue weighted by atomic mass is 10.2. The quantitative estimate of drug-likeness (QED) is 0.803. The van der Waals surface area contributed by atoms with E-state index in [1.807, 2.05) is 24.0 Å². The molecule has 8 heteroatoms. The second-order valence-electron chi connectivity index (χ2n) is 6.65. The van der Waals surface area contributed by atoms with Crippen molar-refractivity contribution in [1.29, 1.82) is 0 Å². The number of nitrogens with one attached hydrogen (secondary N) is 2. The van der Waals surface area contributed by atoms with Crippen LogP contribution in [0.5, 0.6) is 0 Å². The van der Waals surface area contributed by atoms with Gasteiger partial charge in [0.1, 0.15) is 5.82 Å². The van der Waals surface area contributed by atoms with Crippen LogP contribution in [-0.2, 0) is 17.8 Å². The van der Waals surface area contributed by atoms with Crippen molar-refractivity contribution in [2.24, 2.45) is 5.92 Å². The number of hydrogen-bond acceptors (Lipinski definition) is 4. The normalized spacial score (nSPS) is 18.2. The fraction of sp³-hybridized carbons (Fsp3) is 0.588. The highest BCUT2D eigenvalue weighted by molar-refractivity contribution is 5.88. The molecule has 2 atom stereocenters. The summed E-state index contributed by atoms with van der Waals surface area (Å²) in [5, 5.41) is 9.99. The van der Waals surface area contributed by atoms with Crippen LogP contribution in [0.2, 0.25) is 0 Å². The van der Waals surface area contributed by atoms with Crippen molar-refractivity contribution in [3.8, 4) is 0 Å². The van der Waals surface area contributed by atoms with Gasteiger partial charge in [0.05, 0.1) is 24.5 Å². The first-order chi connectivity index (χ1) is 12.1. The topological polar surface area (TPSA) is 86.0 Å². The van der Waals surface area contributed by atoms with Crippen LogP contribution in [-0.4, -0.2) is 44.6 Å². The van der Waals surface area contributed by atoms with Crippen molar-refractivity contribution >= 4 is 11.7 Å². The van der Waals surface area contributed by atoms with E-state index in [1.54, 1.807) is 12.4 Å². The molecule has 136 valence electrons. The zero-order chi connectivity index (χ0) is 17.6. The smallest absolute Gasteiger partial charge is 0.319 e. The molecule has 0 unspecified atom stereocenters. The molecule has 0 aromatic carbocycles. The van der Waals surface area contributed by atoms with E-state index >= 15 is 0 Å². The minimum absolute atomic E-state index is 0.217. The Bertz CT molecular complexity index is 689. The molecule has 1 fully saturated rings. The summed E-state index contributed by atoms with van der Waals surface area (Å²) in [6.07, 6.45) is 9.64. The van der Waals surface area contributed by atoms with Crippen LogP contribution < -0.4 is 10.6 Å². The Morgan fingerprint density at radius 2 is 2.40 bits per heavy atom. The van der Waals surface area contributed by atoms with E-state index in [9.17, 15) is 4.79 Å². The minimum Gasteiger partial charge on any atom is -0.376 e. The number of carbonyl (C=O) groups excluding carboxylic acids is 1. The van der Waals surface area contributed by atoms with E-state index in [0.29, 0.717) is 18.2 Å². The van der Waals surface area contributed by atoms with Gasteiger partial charge in [0.15, 0.2) is 0 Å². The van der Waals surface area contributed by atoms with Crippen LogP contribution in [0, 0.1) is 12.8 Å². The molecule has 2 aromatic rings. The van der Waals surface area contributed by atoms with Crippen molar-refractivity contribution in [2.45, 2.75) is 45.9 Å². The second-order valence-corrected chi connectivity index (χ2v) is 6.65. The summed E-state index contributed by atoms with van der Waals surface area (Å²) in [6, 6.07) is -0.217. The molecule has 1 aliphatic rings. The van der Waals surface area contributed by atoms with E-state index in [4.69, 9.17) is 4.74 Å². The number of rotatable bonds is 7. The number of nitrogens with zero attached hydrogens (tertiary/aromatic N) is 4. The monoisotopic (exact) mass is 346 g/mol. The molecular formula is C17H26N6O2. The van der Waals surface area contributed by atoms with Crippen molar-refractivity contribution < 1.29 is 9.53 Å². The summed E-state index contributed by atoms with van der Waals surface area (Å²) in [5.74, 6) is 1.29. The lowest BCUT2D eigenvalue weighted by Crippen LogP contribution is -2.33. The maximum atomic E-state index is 12.0. The van der Waals surface area contributed by atoms with Gasteiger partial charge in [-0.15, -0.1) is 0 Å². The number of aromatic nitrogens is 4. The van der Waals surface area contributed by atoms with Crippen LogP contribution in [0.3, 0.4) is 0 Å². The van der Waals surface area contributed by atoms with Gasteiger partial charge in [0.2, 0.25) is 0 Å². The summed E-state index contributed by atoms with van der Waals surface area (Å²) in [6.45, 7) is 7.04. The van der Waals surface area contributed by atoms with Gasteiger partial charge in [0, 0.05) is 38.3 Å². The highest BCUT2D eigenvalue weighted by atomic mass is 16.5. The Morgan fingerprint density at radius 3 is 3.12 bits per heavy atom. The zero-order valence-electron chi connectivity index (χ0n) is 14.8. The van der Waals surface area contributed by atoms with Gasteiger partial charge >= 0.3 is 6.03 Å². The third-order valence-corrected chi connectivity index (χ3v) is 4.35. The summed E-state index contributed by atoms with van der Waals surface area (Å²) < 4.78 is 9.49. The number of urea groups is 1. The molecule has 3 rings (SSSR count). The van der Waals surface area contributed by atoms with Crippen molar-refractivity contribution in [3.63, 3.8) is 0 Å². The zero-order valence-corrected chi connectivity index (χ0v) is 14.8. The van der Waals surface area contributed by atoms with Gasteiger partial charge < -0.3 is 19.9 Å². The Kier molecular flexibility index (Phi) is 5.70. The SMILES string of the molecule is Cc1nccn1C[C@H](C)CNC(=O)Nc1cnn(C[C@@H]2CCCO2)c1. The number of aryl methyl sites for hydroxylation is 1. The number of hydrogen-bond donors (Lipinski definition) is 2. The van der Waals surface area contributed by atoms with Gasteiger partial charge in [-0.25, -0.2) is 9.78 Å². The van der Waals surface area contributed by atoms with E-state index in [2.05, 4.69) is 32.2 Å². The largest absolute Gasteiger partial charge is 0.376 e. The summed E-state index contributed by atoms with van der Waals surface area (Å²) in [7, 11) is 0. The Labute approximate surface area is 147 Å². The summed E-state index contributed by atoms with van der Waals surface area (Å²) >= 11 is 0. The first-order valence-corrected chi connectivity index (χ1v) is 8.77. The molecule has 0 spiro atoms. The molecule has 0 radical (unpaired) electrons. The third-order valence-electron chi connectivity index (χ3n) is 4.35. The molecule has 2 aromatic heterocycles. The third kappa shape index (κ3) is 5.06. The average Bonchev–Trinajstić information content (AvgIpc) is 3.31. The van der Waals surface area contributed by atoms with Crippen LogP contribution in [0.1, 0.15) is 25.6 Å². The molecule has 1 aliphatic heterocycles. The van der Waals surface area contributed by atoms with Gasteiger partial charge in [-0.1, -0.05) is 6.92 Å². The molecule has 0 bridgehead atoms. The number of amides is 2. The Balaban J connectivity index is 1.40. The Morgan fingerprint density at radius 1 is 1.52 bits per heavy atom. The molecule has 3 heterocycles. The van der Waals surface area contributed by atoms with Crippen LogP contribution >= 0.6 is 0 Å². The van der Waals surface area contributed by atoms with E-state index in [-0.39, 0.29) is 12.1 Å². The number of ether oxygens (including phenoxy) is 1. The fourth-order valence-electron chi connectivity index (χ4n) is 2.96. The van der Waals surface area contributed by atoms with Gasteiger partial charge in [-0.3, -0.25) is 4.68 Å². The van der Waals surface area contributed by atoms with E-state index in [0.717, 1.165) is 38.4 Å². The highest BCUT2D eigenvalue weighted by Gasteiger charge is 2.16. The van der Waals surface area contributed by atoms with Crippen LogP contribution in [0.4, 0.5) is 10.5 Å². The van der Waals surface area contributed by atoms with E-state index < -0.39 is 0 Å². The molecule has 0 saturated carbocycles. The first kappa shape index (κ1) is 17.5. The molecule has 0 aliphatic carbocycles. The summed E-state index contributed by atoms with van der Waals surface area (Å²) in [4.78, 5) is 16.2. The molecule has 1 saturated heterocycles. The summed E-state index contributed by atoms with van der Waals surface area (Å²) in [5.41, 5.74) is 0.689. The lowest BCUT2D eigenvalue weighted by molar-refractivity contribution is 0.0940. The Hall–Kier alpha value is -2.35. The van der Waals surface area contributed by atoms with Gasteiger partial charge in [-0.2, -0.15) is 5.10 Å².